The van der Waals surface area contributed by atoms with E-state index in [0.717, 1.165) is 16.2 Å². The summed E-state index contributed by atoms with van der Waals surface area (Å²) in [6, 6.07) is 5.95. The average Bonchev–Trinajstić information content (AvgIpc) is 2.73. The van der Waals surface area contributed by atoms with Crippen molar-refractivity contribution in [1.29, 1.82) is 0 Å². The lowest BCUT2D eigenvalue weighted by Gasteiger charge is -2.13. The third-order valence-corrected chi connectivity index (χ3v) is 3.78. The molecule has 84 valence electrons. The number of furan rings is 1. The minimum atomic E-state index is 0.227. The highest BCUT2D eigenvalue weighted by atomic mass is 32.2. The fourth-order valence-electron chi connectivity index (χ4n) is 1.47. The first-order valence-corrected chi connectivity index (χ1v) is 6.00. The fraction of sp³-hybridized carbons (Fsp3) is 0.250. The van der Waals surface area contributed by atoms with Crippen LogP contribution in [0.5, 0.6) is 0 Å². The van der Waals surface area contributed by atoms with Crippen LogP contribution in [-0.4, -0.2) is 11.5 Å². The van der Waals surface area contributed by atoms with Crippen LogP contribution >= 0.6 is 11.8 Å². The molecule has 0 aromatic carbocycles. The number of rotatable bonds is 4. The molecule has 2 heterocycles. The molecule has 0 spiro atoms. The van der Waals surface area contributed by atoms with Gasteiger partial charge in [-0.15, -0.1) is 11.8 Å². The molecule has 4 heteroatoms. The lowest BCUT2D eigenvalue weighted by Crippen LogP contribution is -2.09. The molecule has 3 nitrogen and oxygen atoms in total. The first kappa shape index (κ1) is 11.2. The zero-order chi connectivity index (χ0) is 11.4. The largest absolute Gasteiger partial charge is 0.468 e. The Morgan fingerprint density at radius 2 is 2.38 bits per heavy atom. The summed E-state index contributed by atoms with van der Waals surface area (Å²) >= 11 is 1.72. The highest BCUT2D eigenvalue weighted by molar-refractivity contribution is 7.99. The summed E-state index contributed by atoms with van der Waals surface area (Å²) in [4.78, 5) is 5.25. The molecule has 0 aliphatic heterocycles. The number of hydrogen-bond acceptors (Lipinski definition) is 4. The van der Waals surface area contributed by atoms with Gasteiger partial charge < -0.3 is 10.2 Å². The van der Waals surface area contributed by atoms with Crippen molar-refractivity contribution in [2.45, 2.75) is 17.1 Å². The van der Waals surface area contributed by atoms with E-state index in [1.165, 1.54) is 0 Å². The summed E-state index contributed by atoms with van der Waals surface area (Å²) in [6.07, 6.45) is 5.33. The molecule has 0 aliphatic rings. The second-order valence-electron chi connectivity index (χ2n) is 3.47. The molecule has 0 fully saturated rings. The number of aryl methyl sites for hydroxylation is 1. The third-order valence-electron chi connectivity index (χ3n) is 2.35. The average molecular weight is 234 g/mol. The Labute approximate surface area is 99.1 Å². The summed E-state index contributed by atoms with van der Waals surface area (Å²) in [5, 5.41) is 0.227. The van der Waals surface area contributed by atoms with Gasteiger partial charge in [-0.2, -0.15) is 0 Å². The van der Waals surface area contributed by atoms with Crippen LogP contribution in [0, 0.1) is 6.92 Å². The molecule has 2 N–H and O–H groups in total. The van der Waals surface area contributed by atoms with Gasteiger partial charge in [0.05, 0.1) is 6.26 Å². The maximum absolute atomic E-state index is 5.79. The molecular weight excluding hydrogens is 220 g/mol. The predicted molar refractivity (Wildman–Crippen MR) is 65.3 cm³/mol. The zero-order valence-corrected chi connectivity index (χ0v) is 9.91. The Hall–Kier alpha value is -1.26. The quantitative estimate of drug-likeness (QED) is 0.826. The molecule has 16 heavy (non-hydrogen) atoms. The number of thioether (sulfide) groups is 1. The summed E-state index contributed by atoms with van der Waals surface area (Å²) in [5.74, 6) is 0.937. The van der Waals surface area contributed by atoms with E-state index in [2.05, 4.69) is 4.98 Å². The van der Waals surface area contributed by atoms with Gasteiger partial charge in [-0.1, -0.05) is 6.07 Å². The molecule has 2 aromatic rings. The van der Waals surface area contributed by atoms with Crippen LogP contribution < -0.4 is 5.73 Å². The zero-order valence-electron chi connectivity index (χ0n) is 9.09. The monoisotopic (exact) mass is 234 g/mol. The number of aromatic nitrogens is 1. The van der Waals surface area contributed by atoms with Crippen molar-refractivity contribution in [3.63, 3.8) is 0 Å². The first-order chi connectivity index (χ1) is 7.81. The van der Waals surface area contributed by atoms with Crippen molar-refractivity contribution in [2.75, 3.05) is 6.54 Å². The lowest BCUT2D eigenvalue weighted by atomic mass is 10.2. The van der Waals surface area contributed by atoms with Crippen molar-refractivity contribution in [2.24, 2.45) is 5.73 Å². The van der Waals surface area contributed by atoms with E-state index in [1.807, 2.05) is 31.3 Å². The van der Waals surface area contributed by atoms with Gasteiger partial charge in [-0.25, -0.2) is 0 Å². The summed E-state index contributed by atoms with van der Waals surface area (Å²) in [6.45, 7) is 2.54. The molecule has 1 unspecified atom stereocenters. The summed E-state index contributed by atoms with van der Waals surface area (Å²) in [7, 11) is 0. The van der Waals surface area contributed by atoms with E-state index in [-0.39, 0.29) is 5.25 Å². The van der Waals surface area contributed by atoms with Gasteiger partial charge in [0, 0.05) is 29.1 Å². The Morgan fingerprint density at radius 3 is 2.94 bits per heavy atom. The standard InChI is InChI=1S/C12H14N2OS/c1-9-11(4-6-15-9)16-12(7-13)10-3-2-5-14-8-10/h2-6,8,12H,7,13H2,1H3. The Morgan fingerprint density at radius 1 is 1.50 bits per heavy atom. The summed E-state index contributed by atoms with van der Waals surface area (Å²) < 4.78 is 5.27. The number of nitrogens with zero attached hydrogens (tertiary/aromatic N) is 1. The minimum Gasteiger partial charge on any atom is -0.468 e. The van der Waals surface area contributed by atoms with Crippen molar-refractivity contribution < 1.29 is 4.42 Å². The van der Waals surface area contributed by atoms with Crippen LogP contribution in [0.15, 0.2) is 46.2 Å². The molecule has 0 aliphatic carbocycles. The van der Waals surface area contributed by atoms with Crippen LogP contribution in [0.4, 0.5) is 0 Å². The molecule has 2 aromatic heterocycles. The molecular formula is C12H14N2OS. The van der Waals surface area contributed by atoms with E-state index in [9.17, 15) is 0 Å². The predicted octanol–water partition coefficient (Wildman–Crippen LogP) is 2.78. The molecule has 0 amide bonds. The minimum absolute atomic E-state index is 0.227. The second-order valence-corrected chi connectivity index (χ2v) is 4.71. The van der Waals surface area contributed by atoms with Crippen LogP contribution in [0.25, 0.3) is 0 Å². The van der Waals surface area contributed by atoms with Crippen LogP contribution in [0.3, 0.4) is 0 Å². The SMILES string of the molecule is Cc1occc1SC(CN)c1cccnc1. The van der Waals surface area contributed by atoms with Gasteiger partial charge in [-0.05, 0) is 24.6 Å². The first-order valence-electron chi connectivity index (χ1n) is 5.12. The van der Waals surface area contributed by atoms with Gasteiger partial charge in [0.15, 0.2) is 0 Å². The molecule has 2 rings (SSSR count). The normalized spacial score (nSPS) is 12.6. The van der Waals surface area contributed by atoms with Gasteiger partial charge in [-0.3, -0.25) is 4.98 Å². The maximum atomic E-state index is 5.79. The Bertz CT molecular complexity index is 441. The highest BCUT2D eigenvalue weighted by Gasteiger charge is 2.13. The fourth-order valence-corrected chi connectivity index (χ4v) is 2.49. The molecule has 0 saturated carbocycles. The molecule has 1 atom stereocenters. The Balaban J connectivity index is 2.16. The van der Waals surface area contributed by atoms with Crippen molar-refractivity contribution in [3.8, 4) is 0 Å². The number of hydrogen-bond donors (Lipinski definition) is 1. The van der Waals surface area contributed by atoms with Crippen molar-refractivity contribution in [1.82, 2.24) is 4.98 Å². The van der Waals surface area contributed by atoms with Gasteiger partial charge in [0.2, 0.25) is 0 Å². The summed E-state index contributed by atoms with van der Waals surface area (Å²) in [5.41, 5.74) is 6.94. The van der Waals surface area contributed by atoms with Gasteiger partial charge in [0.25, 0.3) is 0 Å². The van der Waals surface area contributed by atoms with E-state index < -0.39 is 0 Å². The topological polar surface area (TPSA) is 52.0 Å². The number of nitrogens with two attached hydrogens (primary N) is 1. The van der Waals surface area contributed by atoms with E-state index >= 15 is 0 Å². The van der Waals surface area contributed by atoms with E-state index in [1.54, 1.807) is 24.2 Å². The lowest BCUT2D eigenvalue weighted by molar-refractivity contribution is 0.526. The van der Waals surface area contributed by atoms with Crippen molar-refractivity contribution in [3.05, 3.63) is 48.2 Å². The molecule has 0 radical (unpaired) electrons. The Kier molecular flexibility index (Phi) is 3.64. The van der Waals surface area contributed by atoms with Crippen molar-refractivity contribution >= 4 is 11.8 Å². The number of pyridine rings is 1. The molecule has 0 bridgehead atoms. The van der Waals surface area contributed by atoms with Crippen LogP contribution in [0.1, 0.15) is 16.6 Å². The smallest absolute Gasteiger partial charge is 0.114 e. The van der Waals surface area contributed by atoms with E-state index in [0.29, 0.717) is 6.54 Å². The third kappa shape index (κ3) is 2.46. The molecule has 0 saturated heterocycles. The maximum Gasteiger partial charge on any atom is 0.114 e. The van der Waals surface area contributed by atoms with Crippen LogP contribution in [-0.2, 0) is 0 Å². The van der Waals surface area contributed by atoms with Gasteiger partial charge >= 0.3 is 0 Å². The second kappa shape index (κ2) is 5.18. The van der Waals surface area contributed by atoms with Crippen LogP contribution in [0.2, 0.25) is 0 Å². The highest BCUT2D eigenvalue weighted by Crippen LogP contribution is 2.36. The van der Waals surface area contributed by atoms with E-state index in [4.69, 9.17) is 10.2 Å². The van der Waals surface area contributed by atoms with Gasteiger partial charge in [0.1, 0.15) is 5.76 Å².